The van der Waals surface area contributed by atoms with Crippen molar-refractivity contribution in [1.82, 2.24) is 9.99 Å². The fraction of sp³-hybridized carbons (Fsp3) is 0.0833. The van der Waals surface area contributed by atoms with E-state index in [1.165, 1.54) is 0 Å². The summed E-state index contributed by atoms with van der Waals surface area (Å²) >= 11 is 12.2. The van der Waals surface area contributed by atoms with Crippen LogP contribution in [0, 0.1) is 0 Å². The fourth-order valence-corrected chi connectivity index (χ4v) is 3.93. The number of halogens is 2. The number of ether oxygens (including phenoxy) is 2. The third-order valence-corrected chi connectivity index (χ3v) is 5.90. The number of hydrogen-bond donors (Lipinski definition) is 1. The van der Waals surface area contributed by atoms with Gasteiger partial charge in [-0.25, -0.2) is 5.43 Å². The van der Waals surface area contributed by atoms with E-state index in [-0.39, 0.29) is 12.7 Å². The van der Waals surface area contributed by atoms with Gasteiger partial charge in [0.1, 0.15) is 0 Å². The Morgan fingerprint density at radius 3 is 2.75 bits per heavy atom. The predicted molar refractivity (Wildman–Crippen MR) is 125 cm³/mol. The van der Waals surface area contributed by atoms with Gasteiger partial charge in [-0.05, 0) is 42.0 Å². The lowest BCUT2D eigenvalue weighted by atomic mass is 10.2. The molecule has 32 heavy (non-hydrogen) atoms. The Labute approximate surface area is 194 Å². The fourth-order valence-electron chi connectivity index (χ4n) is 3.61. The first-order chi connectivity index (χ1) is 15.6. The van der Waals surface area contributed by atoms with Crippen molar-refractivity contribution in [3.8, 4) is 11.5 Å². The molecule has 0 bridgehead atoms. The molecule has 1 aromatic heterocycles. The number of carbonyl (C=O) groups excluding carboxylic acids is 1. The van der Waals surface area contributed by atoms with Gasteiger partial charge in [0.25, 0.3) is 5.91 Å². The van der Waals surface area contributed by atoms with Gasteiger partial charge in [0.2, 0.25) is 6.79 Å². The van der Waals surface area contributed by atoms with Crippen LogP contribution in [0.25, 0.3) is 10.9 Å². The van der Waals surface area contributed by atoms with Crippen molar-refractivity contribution < 1.29 is 14.3 Å². The summed E-state index contributed by atoms with van der Waals surface area (Å²) in [6.07, 6.45) is 3.63. The number of hydrogen-bond acceptors (Lipinski definition) is 4. The number of nitrogens with zero attached hydrogens (tertiary/aromatic N) is 2. The van der Waals surface area contributed by atoms with Gasteiger partial charge in [-0.15, -0.1) is 0 Å². The maximum atomic E-state index is 12.5. The van der Waals surface area contributed by atoms with Crippen LogP contribution in [-0.2, 0) is 6.54 Å². The highest BCUT2D eigenvalue weighted by molar-refractivity contribution is 6.42. The molecule has 6 nitrogen and oxygen atoms in total. The van der Waals surface area contributed by atoms with Gasteiger partial charge in [0.05, 0.1) is 16.3 Å². The molecule has 4 aromatic rings. The Balaban J connectivity index is 1.36. The Morgan fingerprint density at radius 1 is 1.03 bits per heavy atom. The number of para-hydroxylation sites is 1. The molecule has 5 rings (SSSR count). The number of fused-ring (bicyclic) bond motifs is 2. The highest BCUT2D eigenvalue weighted by Gasteiger charge is 2.16. The topological polar surface area (TPSA) is 64.9 Å². The minimum absolute atomic E-state index is 0.158. The van der Waals surface area contributed by atoms with Gasteiger partial charge in [0.15, 0.2) is 11.5 Å². The summed E-state index contributed by atoms with van der Waals surface area (Å²) in [6.45, 7) is 0.777. The summed E-state index contributed by atoms with van der Waals surface area (Å²) in [7, 11) is 0. The standard InChI is InChI=1S/C24H17Cl2N3O3/c25-19-7-5-15(9-20(19)26)12-29-13-17(18-3-1-2-4-21(18)29)11-27-28-24(30)16-6-8-22-23(10-16)32-14-31-22/h1-11,13H,12,14H2,(H,28,30)/b27-11-. The quantitative estimate of drug-likeness (QED) is 0.313. The number of nitrogens with one attached hydrogen (secondary N) is 1. The van der Waals surface area contributed by atoms with Crippen LogP contribution in [0.3, 0.4) is 0 Å². The zero-order chi connectivity index (χ0) is 22.1. The molecule has 1 aliphatic rings. The van der Waals surface area contributed by atoms with Crippen LogP contribution >= 0.6 is 23.2 Å². The van der Waals surface area contributed by atoms with Crippen LogP contribution in [0.1, 0.15) is 21.5 Å². The van der Waals surface area contributed by atoms with Gasteiger partial charge in [-0.2, -0.15) is 5.10 Å². The lowest BCUT2D eigenvalue weighted by Gasteiger charge is -2.06. The summed E-state index contributed by atoms with van der Waals surface area (Å²) in [5.41, 5.74) is 5.96. The number of rotatable bonds is 5. The third-order valence-electron chi connectivity index (χ3n) is 5.16. The highest BCUT2D eigenvalue weighted by atomic mass is 35.5. The molecule has 8 heteroatoms. The first-order valence-corrected chi connectivity index (χ1v) is 10.6. The van der Waals surface area contributed by atoms with E-state index in [1.807, 2.05) is 42.6 Å². The second kappa shape index (κ2) is 8.57. The van der Waals surface area contributed by atoms with E-state index in [0.29, 0.717) is 33.7 Å². The summed E-state index contributed by atoms with van der Waals surface area (Å²) < 4.78 is 12.7. The van der Waals surface area contributed by atoms with Crippen LogP contribution in [-0.4, -0.2) is 23.5 Å². The molecule has 0 atom stereocenters. The molecule has 0 fully saturated rings. The van der Waals surface area contributed by atoms with Crippen LogP contribution in [0.5, 0.6) is 11.5 Å². The van der Waals surface area contributed by atoms with E-state index < -0.39 is 0 Å². The number of benzene rings is 3. The van der Waals surface area contributed by atoms with Crippen molar-refractivity contribution in [2.75, 3.05) is 6.79 Å². The van der Waals surface area contributed by atoms with E-state index in [9.17, 15) is 4.79 Å². The number of hydrazone groups is 1. The molecule has 1 N–H and O–H groups in total. The summed E-state index contributed by atoms with van der Waals surface area (Å²) in [6, 6.07) is 18.6. The lowest BCUT2D eigenvalue weighted by molar-refractivity contribution is 0.0954. The van der Waals surface area contributed by atoms with Crippen molar-refractivity contribution in [2.24, 2.45) is 5.10 Å². The van der Waals surface area contributed by atoms with Gasteiger partial charge >= 0.3 is 0 Å². The zero-order valence-corrected chi connectivity index (χ0v) is 18.2. The van der Waals surface area contributed by atoms with E-state index in [0.717, 1.165) is 22.0 Å². The maximum Gasteiger partial charge on any atom is 0.271 e. The smallest absolute Gasteiger partial charge is 0.271 e. The van der Waals surface area contributed by atoms with E-state index in [1.54, 1.807) is 30.5 Å². The van der Waals surface area contributed by atoms with Gasteiger partial charge < -0.3 is 14.0 Å². The Bertz CT molecular complexity index is 1360. The Hall–Kier alpha value is -3.48. The number of amides is 1. The summed E-state index contributed by atoms with van der Waals surface area (Å²) in [4.78, 5) is 12.5. The molecule has 2 heterocycles. The average Bonchev–Trinajstić information content (AvgIpc) is 3.41. The maximum absolute atomic E-state index is 12.5. The van der Waals surface area contributed by atoms with Crippen molar-refractivity contribution in [1.29, 1.82) is 0 Å². The zero-order valence-electron chi connectivity index (χ0n) is 16.7. The second-order valence-corrected chi connectivity index (χ2v) is 8.06. The minimum Gasteiger partial charge on any atom is -0.454 e. The Kier molecular flexibility index (Phi) is 5.47. The first-order valence-electron chi connectivity index (χ1n) is 9.83. The molecule has 0 aliphatic carbocycles. The van der Waals surface area contributed by atoms with Crippen LogP contribution < -0.4 is 14.9 Å². The van der Waals surface area contributed by atoms with Crippen LogP contribution in [0.15, 0.2) is 72.0 Å². The molecule has 3 aromatic carbocycles. The summed E-state index contributed by atoms with van der Waals surface area (Å²) in [5, 5.41) is 6.23. The molecule has 160 valence electrons. The van der Waals surface area contributed by atoms with E-state index in [2.05, 4.69) is 15.1 Å². The van der Waals surface area contributed by atoms with Crippen molar-refractivity contribution in [3.05, 3.63) is 93.6 Å². The molecular weight excluding hydrogens is 449 g/mol. The molecule has 0 saturated carbocycles. The molecule has 0 radical (unpaired) electrons. The third kappa shape index (κ3) is 4.02. The number of carbonyl (C=O) groups is 1. The normalized spacial score (nSPS) is 12.6. The van der Waals surface area contributed by atoms with E-state index >= 15 is 0 Å². The average molecular weight is 466 g/mol. The van der Waals surface area contributed by atoms with E-state index in [4.69, 9.17) is 32.7 Å². The monoisotopic (exact) mass is 465 g/mol. The van der Waals surface area contributed by atoms with Gasteiger partial charge in [-0.1, -0.05) is 47.5 Å². The van der Waals surface area contributed by atoms with Crippen molar-refractivity contribution in [2.45, 2.75) is 6.54 Å². The SMILES string of the molecule is O=C(N/N=C\c1cn(Cc2ccc(Cl)c(Cl)c2)c2ccccc12)c1ccc2c(c1)OCO2. The molecule has 1 aliphatic heterocycles. The highest BCUT2D eigenvalue weighted by Crippen LogP contribution is 2.32. The predicted octanol–water partition coefficient (Wildman–Crippen LogP) is 5.49. The van der Waals surface area contributed by atoms with Crippen molar-refractivity contribution in [3.63, 3.8) is 0 Å². The molecule has 1 amide bonds. The number of aromatic nitrogens is 1. The molecule has 0 unspecified atom stereocenters. The Morgan fingerprint density at radius 2 is 1.88 bits per heavy atom. The first kappa shape index (κ1) is 20.4. The van der Waals surface area contributed by atoms with Crippen molar-refractivity contribution >= 4 is 46.2 Å². The lowest BCUT2D eigenvalue weighted by Crippen LogP contribution is -2.17. The van der Waals surface area contributed by atoms with Gasteiger partial charge in [-0.3, -0.25) is 4.79 Å². The molecule has 0 saturated heterocycles. The second-order valence-electron chi connectivity index (χ2n) is 7.25. The van der Waals surface area contributed by atoms with Crippen LogP contribution in [0.2, 0.25) is 10.0 Å². The van der Waals surface area contributed by atoms with Crippen LogP contribution in [0.4, 0.5) is 0 Å². The molecule has 0 spiro atoms. The molecular formula is C24H17Cl2N3O3. The summed E-state index contributed by atoms with van der Waals surface area (Å²) in [5.74, 6) is 0.839. The largest absolute Gasteiger partial charge is 0.454 e. The van der Waals surface area contributed by atoms with Gasteiger partial charge in [0, 0.05) is 34.8 Å². The minimum atomic E-state index is -0.334.